The minimum atomic E-state index is -4.16. The molecule has 0 aromatic heterocycles. The van der Waals surface area contributed by atoms with Gasteiger partial charge in [0, 0.05) is 43.1 Å². The summed E-state index contributed by atoms with van der Waals surface area (Å²) in [5.41, 5.74) is 9.95. The predicted octanol–water partition coefficient (Wildman–Crippen LogP) is 4.66. The average Bonchev–Trinajstić information content (AvgIpc) is 3.69. The fraction of sp³-hybridized carbons (Fsp3) is 0.567. The molecule has 1 saturated heterocycles. The number of aliphatic hydroxyl groups is 1. The second-order valence-corrected chi connectivity index (χ2v) is 14.0. The molecular weight excluding hydrogens is 590 g/mol. The Bertz CT molecular complexity index is 1420. The number of amides is 1. The molecule has 2 aromatic carbocycles. The molecule has 0 unspecified atom stereocenters. The quantitative estimate of drug-likeness (QED) is 0.103. The molecular formula is C30H41N5O8S. The highest BCUT2D eigenvalue weighted by Crippen LogP contribution is 2.36. The number of carboxylic acid groups (broad SMARTS) is 1. The number of carbonyl (C=O) groups is 1. The smallest absolute Gasteiger partial charge is 0.404 e. The molecule has 0 saturated carbocycles. The Morgan fingerprint density at radius 3 is 2.61 bits per heavy atom. The van der Waals surface area contributed by atoms with Crippen molar-refractivity contribution in [1.29, 1.82) is 0 Å². The number of benzene rings is 2. The molecule has 14 heteroatoms. The van der Waals surface area contributed by atoms with Crippen LogP contribution in [0.3, 0.4) is 0 Å². The molecule has 1 amide bonds. The van der Waals surface area contributed by atoms with Gasteiger partial charge in [-0.25, -0.2) is 13.2 Å². The van der Waals surface area contributed by atoms with Crippen LogP contribution in [0.5, 0.6) is 11.5 Å². The number of fused-ring (bicyclic) bond motifs is 1. The fourth-order valence-electron chi connectivity index (χ4n) is 5.58. The van der Waals surface area contributed by atoms with Crippen LogP contribution < -0.4 is 14.8 Å². The number of ether oxygens (including phenoxy) is 3. The zero-order valence-electron chi connectivity index (χ0n) is 25.1. The monoisotopic (exact) mass is 631 g/mol. The van der Waals surface area contributed by atoms with Crippen molar-refractivity contribution in [3.63, 3.8) is 0 Å². The fourth-order valence-corrected chi connectivity index (χ4v) is 7.24. The standard InChI is InChI=1S/C30H41N5O8S/c1-30(2,12-3-4-13-32-34-31)19-35(44(39,40)24-9-10-27-28(16-24)43-20-42-27)17-26(36)25(33-29(37)38)15-21-5-7-22(8-6-21)23-11-14-41-18-23/h5-10,16,23,25-26,33,36H,3-4,11-15,17-20H2,1-2H3,(H,37,38)/t23-,25+,26-/m1/s1. The van der Waals surface area contributed by atoms with Crippen molar-refractivity contribution < 1.29 is 37.6 Å². The van der Waals surface area contributed by atoms with E-state index in [2.05, 4.69) is 15.3 Å². The molecule has 44 heavy (non-hydrogen) atoms. The molecule has 2 aliphatic heterocycles. The molecule has 0 bridgehead atoms. The molecule has 2 aliphatic rings. The number of azide groups is 1. The molecule has 3 N–H and O–H groups in total. The highest BCUT2D eigenvalue weighted by molar-refractivity contribution is 7.89. The lowest BCUT2D eigenvalue weighted by Crippen LogP contribution is -2.51. The summed E-state index contributed by atoms with van der Waals surface area (Å²) in [7, 11) is -4.16. The number of hydrogen-bond acceptors (Lipinski definition) is 8. The van der Waals surface area contributed by atoms with Crippen molar-refractivity contribution in [3.8, 4) is 11.5 Å². The molecule has 2 heterocycles. The lowest BCUT2D eigenvalue weighted by Gasteiger charge is -2.35. The summed E-state index contributed by atoms with van der Waals surface area (Å²) < 4.78 is 45.5. The van der Waals surface area contributed by atoms with Gasteiger partial charge in [-0.15, -0.1) is 0 Å². The second-order valence-electron chi connectivity index (χ2n) is 12.0. The summed E-state index contributed by atoms with van der Waals surface area (Å²) in [6.07, 6.45) is 0.417. The largest absolute Gasteiger partial charge is 0.465 e. The highest BCUT2D eigenvalue weighted by atomic mass is 32.2. The van der Waals surface area contributed by atoms with Gasteiger partial charge in [-0.05, 0) is 59.9 Å². The minimum Gasteiger partial charge on any atom is -0.465 e. The molecule has 0 aliphatic carbocycles. The molecule has 2 aromatic rings. The van der Waals surface area contributed by atoms with Crippen LogP contribution in [-0.2, 0) is 21.2 Å². The average molecular weight is 632 g/mol. The third-order valence-electron chi connectivity index (χ3n) is 8.01. The third kappa shape index (κ3) is 8.99. The van der Waals surface area contributed by atoms with Crippen molar-refractivity contribution in [1.82, 2.24) is 9.62 Å². The lowest BCUT2D eigenvalue weighted by molar-refractivity contribution is 0.0903. The Labute approximate surface area is 257 Å². The Morgan fingerprint density at radius 2 is 1.93 bits per heavy atom. The molecule has 1 fully saturated rings. The van der Waals surface area contributed by atoms with E-state index in [1.54, 1.807) is 0 Å². The summed E-state index contributed by atoms with van der Waals surface area (Å²) >= 11 is 0. The van der Waals surface area contributed by atoms with E-state index in [0.717, 1.165) is 24.2 Å². The van der Waals surface area contributed by atoms with Gasteiger partial charge in [-0.2, -0.15) is 4.31 Å². The summed E-state index contributed by atoms with van der Waals surface area (Å²) in [4.78, 5) is 14.5. The van der Waals surface area contributed by atoms with Crippen LogP contribution in [0.4, 0.5) is 4.79 Å². The van der Waals surface area contributed by atoms with Crippen LogP contribution in [0.25, 0.3) is 10.4 Å². The number of sulfonamides is 1. The summed E-state index contributed by atoms with van der Waals surface area (Å²) in [6.45, 7) is 5.30. The Kier molecular flexibility index (Phi) is 11.3. The first-order valence-electron chi connectivity index (χ1n) is 14.7. The maximum absolute atomic E-state index is 14.0. The van der Waals surface area contributed by atoms with E-state index in [1.165, 1.54) is 22.5 Å². The van der Waals surface area contributed by atoms with Crippen molar-refractivity contribution >= 4 is 16.1 Å². The third-order valence-corrected chi connectivity index (χ3v) is 9.82. The number of aliphatic hydroxyl groups excluding tert-OH is 1. The molecule has 3 atom stereocenters. The summed E-state index contributed by atoms with van der Waals surface area (Å²) in [5, 5.41) is 26.9. The Morgan fingerprint density at radius 1 is 1.18 bits per heavy atom. The van der Waals surface area contributed by atoms with E-state index in [-0.39, 0.29) is 31.2 Å². The molecule has 240 valence electrons. The molecule has 13 nitrogen and oxygen atoms in total. The van der Waals surface area contributed by atoms with Gasteiger partial charge in [-0.1, -0.05) is 49.6 Å². The minimum absolute atomic E-state index is 0.0118. The number of unbranched alkanes of at least 4 members (excludes halogenated alkanes) is 1. The van der Waals surface area contributed by atoms with Crippen molar-refractivity contribution in [2.45, 2.75) is 68.9 Å². The van der Waals surface area contributed by atoms with Crippen molar-refractivity contribution in [2.24, 2.45) is 10.5 Å². The van der Waals surface area contributed by atoms with Crippen molar-refractivity contribution in [3.05, 3.63) is 64.0 Å². The van der Waals surface area contributed by atoms with Crippen molar-refractivity contribution in [2.75, 3.05) is 39.6 Å². The van der Waals surface area contributed by atoms with E-state index in [9.17, 15) is 23.4 Å². The Balaban J connectivity index is 1.55. The van der Waals surface area contributed by atoms with Gasteiger partial charge in [0.1, 0.15) is 0 Å². The topological polar surface area (TPSA) is 183 Å². The van der Waals surface area contributed by atoms with Crippen LogP contribution in [0.2, 0.25) is 0 Å². The maximum Gasteiger partial charge on any atom is 0.404 e. The normalized spacial score (nSPS) is 17.7. The SMILES string of the molecule is CC(C)(CCCCN=[N+]=[N-])CN(C[C@@H](O)[C@H](Cc1ccc([C@@H]2CCOC2)cc1)NC(=O)O)S(=O)(=O)c1ccc2c(c1)OCO2. The van der Waals surface area contributed by atoms with Gasteiger partial charge < -0.3 is 29.7 Å². The number of rotatable bonds is 16. The van der Waals surface area contributed by atoms with Crippen LogP contribution in [0.15, 0.2) is 52.5 Å². The lowest BCUT2D eigenvalue weighted by atomic mass is 9.87. The number of hydrogen-bond donors (Lipinski definition) is 3. The second kappa shape index (κ2) is 15.0. The van der Waals surface area contributed by atoms with Gasteiger partial charge in [0.05, 0.1) is 23.6 Å². The van der Waals surface area contributed by atoms with Crippen LogP contribution in [0.1, 0.15) is 56.6 Å². The van der Waals surface area contributed by atoms with Gasteiger partial charge in [0.2, 0.25) is 16.8 Å². The van der Waals surface area contributed by atoms with Crippen LogP contribution in [0, 0.1) is 5.41 Å². The van der Waals surface area contributed by atoms with E-state index in [0.29, 0.717) is 49.8 Å². The summed E-state index contributed by atoms with van der Waals surface area (Å²) in [6, 6.07) is 11.1. The van der Waals surface area contributed by atoms with E-state index >= 15 is 0 Å². The van der Waals surface area contributed by atoms with Crippen LogP contribution >= 0.6 is 0 Å². The maximum atomic E-state index is 14.0. The predicted molar refractivity (Wildman–Crippen MR) is 162 cm³/mol. The number of nitrogens with one attached hydrogen (secondary N) is 1. The van der Waals surface area contributed by atoms with Crippen LogP contribution in [-0.4, -0.2) is 80.8 Å². The van der Waals surface area contributed by atoms with Gasteiger partial charge in [0.25, 0.3) is 0 Å². The first kappa shape index (κ1) is 33.3. The van der Waals surface area contributed by atoms with E-state index in [4.69, 9.17) is 19.7 Å². The Hall–Kier alpha value is -3.55. The zero-order chi connectivity index (χ0) is 31.7. The van der Waals surface area contributed by atoms with E-state index < -0.39 is 33.7 Å². The summed E-state index contributed by atoms with van der Waals surface area (Å²) in [5.74, 6) is 1.06. The molecule has 4 rings (SSSR count). The van der Waals surface area contributed by atoms with Gasteiger partial charge >= 0.3 is 6.09 Å². The number of nitrogens with zero attached hydrogens (tertiary/aromatic N) is 4. The zero-order valence-corrected chi connectivity index (χ0v) is 25.9. The first-order valence-corrected chi connectivity index (χ1v) is 16.2. The first-order chi connectivity index (χ1) is 21.0. The molecule has 0 spiro atoms. The molecule has 0 radical (unpaired) electrons. The van der Waals surface area contributed by atoms with E-state index in [1.807, 2.05) is 38.1 Å². The van der Waals surface area contributed by atoms with Gasteiger partial charge in [-0.3, -0.25) is 0 Å². The highest BCUT2D eigenvalue weighted by Gasteiger charge is 2.35. The van der Waals surface area contributed by atoms with Gasteiger partial charge in [0.15, 0.2) is 11.5 Å².